The maximum atomic E-state index is 11.4. The van der Waals surface area contributed by atoms with Gasteiger partial charge in [0, 0.05) is 5.69 Å². The van der Waals surface area contributed by atoms with E-state index in [1.54, 1.807) is 55.6 Å². The molecule has 0 saturated heterocycles. The Labute approximate surface area is 122 Å². The van der Waals surface area contributed by atoms with Gasteiger partial charge in [0.25, 0.3) is 0 Å². The first-order valence-electron chi connectivity index (χ1n) is 6.27. The molecule has 0 aliphatic rings. The van der Waals surface area contributed by atoms with Gasteiger partial charge in [-0.2, -0.15) is 5.26 Å². The number of nitrogens with one attached hydrogen (secondary N) is 1. The number of ether oxygens (including phenoxy) is 1. The number of rotatable bonds is 5. The van der Waals surface area contributed by atoms with Gasteiger partial charge in [-0.3, -0.25) is 0 Å². The maximum absolute atomic E-state index is 11.4. The van der Waals surface area contributed by atoms with Crippen molar-refractivity contribution in [3.8, 4) is 11.8 Å². The van der Waals surface area contributed by atoms with Gasteiger partial charge in [0.05, 0.1) is 18.7 Å². The number of hydrogen-bond donors (Lipinski definition) is 2. The summed E-state index contributed by atoms with van der Waals surface area (Å²) in [5.74, 6) is -0.290. The number of anilines is 1. The fourth-order valence-corrected chi connectivity index (χ4v) is 1.89. The molecule has 2 aromatic rings. The molecule has 21 heavy (non-hydrogen) atoms. The number of carbonyl (C=O) groups is 1. The summed E-state index contributed by atoms with van der Waals surface area (Å²) >= 11 is 0. The Bertz CT molecular complexity index is 657. The number of aliphatic carboxylic acids is 1. The number of nitrogens with zero attached hydrogens (tertiary/aromatic N) is 1. The minimum absolute atomic E-state index is 0.493. The van der Waals surface area contributed by atoms with E-state index in [0.717, 1.165) is 0 Å². The third-order valence-corrected chi connectivity index (χ3v) is 3.02. The van der Waals surface area contributed by atoms with Crippen molar-refractivity contribution >= 4 is 11.7 Å². The van der Waals surface area contributed by atoms with Gasteiger partial charge < -0.3 is 15.2 Å². The summed E-state index contributed by atoms with van der Waals surface area (Å²) in [5, 5.41) is 21.1. The zero-order chi connectivity index (χ0) is 15.2. The number of nitriles is 1. The fraction of sp³-hybridized carbons (Fsp3) is 0.125. The smallest absolute Gasteiger partial charge is 0.330 e. The molecule has 2 rings (SSSR count). The molecule has 1 unspecified atom stereocenters. The molecule has 0 aliphatic carbocycles. The Kier molecular flexibility index (Phi) is 4.42. The summed E-state index contributed by atoms with van der Waals surface area (Å²) in [5.41, 5.74) is 1.75. The molecule has 0 bridgehead atoms. The lowest BCUT2D eigenvalue weighted by Crippen LogP contribution is -2.20. The fourth-order valence-electron chi connectivity index (χ4n) is 1.89. The molecule has 0 aromatic heterocycles. The highest BCUT2D eigenvalue weighted by molar-refractivity contribution is 5.79. The first kappa shape index (κ1) is 14.4. The number of benzene rings is 2. The van der Waals surface area contributed by atoms with Crippen LogP contribution in [0.15, 0.2) is 48.5 Å². The molecule has 0 saturated carbocycles. The Balaban J connectivity index is 2.22. The molecule has 0 fully saturated rings. The normalized spacial score (nSPS) is 11.2. The Morgan fingerprint density at radius 1 is 1.19 bits per heavy atom. The van der Waals surface area contributed by atoms with Crippen LogP contribution in [0.25, 0.3) is 0 Å². The average Bonchev–Trinajstić information content (AvgIpc) is 2.53. The van der Waals surface area contributed by atoms with Crippen LogP contribution < -0.4 is 10.1 Å². The van der Waals surface area contributed by atoms with E-state index in [2.05, 4.69) is 5.32 Å². The largest absolute Gasteiger partial charge is 0.497 e. The van der Waals surface area contributed by atoms with Crippen molar-refractivity contribution in [3.63, 3.8) is 0 Å². The van der Waals surface area contributed by atoms with Gasteiger partial charge in [-0.1, -0.05) is 12.1 Å². The van der Waals surface area contributed by atoms with Crippen molar-refractivity contribution in [1.29, 1.82) is 5.26 Å². The first-order valence-corrected chi connectivity index (χ1v) is 6.27. The van der Waals surface area contributed by atoms with Gasteiger partial charge >= 0.3 is 5.97 Å². The summed E-state index contributed by atoms with van der Waals surface area (Å²) < 4.78 is 5.06. The third kappa shape index (κ3) is 3.51. The van der Waals surface area contributed by atoms with Crippen molar-refractivity contribution in [1.82, 2.24) is 0 Å². The van der Waals surface area contributed by atoms with Crippen LogP contribution >= 0.6 is 0 Å². The molecule has 2 N–H and O–H groups in total. The zero-order valence-corrected chi connectivity index (χ0v) is 11.4. The van der Waals surface area contributed by atoms with Gasteiger partial charge in [0.15, 0.2) is 6.04 Å². The molecule has 0 radical (unpaired) electrons. The highest BCUT2D eigenvalue weighted by Gasteiger charge is 2.19. The molecular weight excluding hydrogens is 268 g/mol. The molecular formula is C16H14N2O3. The minimum atomic E-state index is -0.990. The molecule has 0 spiro atoms. The average molecular weight is 282 g/mol. The molecule has 0 heterocycles. The molecule has 5 heteroatoms. The Morgan fingerprint density at radius 2 is 1.81 bits per heavy atom. The molecule has 1 atom stereocenters. The van der Waals surface area contributed by atoms with Crippen LogP contribution in [0.2, 0.25) is 0 Å². The summed E-state index contributed by atoms with van der Waals surface area (Å²) in [6.07, 6.45) is 0. The SMILES string of the molecule is COc1ccc(NC(C(=O)O)c2ccc(C#N)cc2)cc1. The van der Waals surface area contributed by atoms with E-state index in [1.165, 1.54) is 0 Å². The molecule has 106 valence electrons. The van der Waals surface area contributed by atoms with Crippen LogP contribution in [-0.2, 0) is 4.79 Å². The zero-order valence-electron chi connectivity index (χ0n) is 11.4. The van der Waals surface area contributed by atoms with E-state index < -0.39 is 12.0 Å². The second-order valence-electron chi connectivity index (χ2n) is 4.38. The third-order valence-electron chi connectivity index (χ3n) is 3.02. The lowest BCUT2D eigenvalue weighted by Gasteiger charge is -2.16. The number of hydrogen-bond acceptors (Lipinski definition) is 4. The highest BCUT2D eigenvalue weighted by atomic mass is 16.5. The Morgan fingerprint density at radius 3 is 2.29 bits per heavy atom. The van der Waals surface area contributed by atoms with Crippen LogP contribution in [-0.4, -0.2) is 18.2 Å². The molecule has 5 nitrogen and oxygen atoms in total. The monoisotopic (exact) mass is 282 g/mol. The van der Waals surface area contributed by atoms with Crippen LogP contribution in [0, 0.1) is 11.3 Å². The number of carboxylic acid groups (broad SMARTS) is 1. The van der Waals surface area contributed by atoms with Gasteiger partial charge in [0.2, 0.25) is 0 Å². The van der Waals surface area contributed by atoms with Crippen LogP contribution in [0.5, 0.6) is 5.75 Å². The van der Waals surface area contributed by atoms with Gasteiger partial charge in [-0.05, 0) is 42.0 Å². The van der Waals surface area contributed by atoms with Crippen molar-refractivity contribution < 1.29 is 14.6 Å². The van der Waals surface area contributed by atoms with E-state index >= 15 is 0 Å². The predicted octanol–water partition coefficient (Wildman–Crippen LogP) is 2.80. The summed E-state index contributed by atoms with van der Waals surface area (Å²) in [6.45, 7) is 0. The van der Waals surface area contributed by atoms with E-state index in [0.29, 0.717) is 22.6 Å². The summed E-state index contributed by atoms with van der Waals surface area (Å²) in [4.78, 5) is 11.4. The van der Waals surface area contributed by atoms with Crippen LogP contribution in [0.4, 0.5) is 5.69 Å². The van der Waals surface area contributed by atoms with Crippen LogP contribution in [0.3, 0.4) is 0 Å². The molecule has 0 aliphatic heterocycles. The Hall–Kier alpha value is -3.00. The van der Waals surface area contributed by atoms with E-state index in [4.69, 9.17) is 10.00 Å². The van der Waals surface area contributed by atoms with Crippen LogP contribution in [0.1, 0.15) is 17.2 Å². The summed E-state index contributed by atoms with van der Waals surface area (Å²) in [7, 11) is 1.57. The van der Waals surface area contributed by atoms with Crippen molar-refractivity contribution in [2.75, 3.05) is 12.4 Å². The van der Waals surface area contributed by atoms with Crippen molar-refractivity contribution in [3.05, 3.63) is 59.7 Å². The van der Waals surface area contributed by atoms with Gasteiger partial charge in [-0.15, -0.1) is 0 Å². The lowest BCUT2D eigenvalue weighted by atomic mass is 10.0. The summed E-state index contributed by atoms with van der Waals surface area (Å²) in [6, 6.07) is 14.6. The van der Waals surface area contributed by atoms with Crippen molar-refractivity contribution in [2.24, 2.45) is 0 Å². The quantitative estimate of drug-likeness (QED) is 0.881. The van der Waals surface area contributed by atoms with E-state index in [9.17, 15) is 9.90 Å². The second-order valence-corrected chi connectivity index (χ2v) is 4.38. The maximum Gasteiger partial charge on any atom is 0.330 e. The van der Waals surface area contributed by atoms with E-state index in [1.807, 2.05) is 6.07 Å². The highest BCUT2D eigenvalue weighted by Crippen LogP contribution is 2.22. The van der Waals surface area contributed by atoms with Gasteiger partial charge in [0.1, 0.15) is 5.75 Å². The van der Waals surface area contributed by atoms with Gasteiger partial charge in [-0.25, -0.2) is 4.79 Å². The molecule has 0 amide bonds. The van der Waals surface area contributed by atoms with Crippen molar-refractivity contribution in [2.45, 2.75) is 6.04 Å². The first-order chi connectivity index (χ1) is 10.1. The topological polar surface area (TPSA) is 82.3 Å². The number of methoxy groups -OCH3 is 1. The minimum Gasteiger partial charge on any atom is -0.497 e. The predicted molar refractivity (Wildman–Crippen MR) is 78.2 cm³/mol. The molecule has 2 aromatic carbocycles. The second kappa shape index (κ2) is 6.44. The lowest BCUT2D eigenvalue weighted by molar-refractivity contribution is -0.138. The number of carboxylic acids is 1. The van der Waals surface area contributed by atoms with E-state index in [-0.39, 0.29) is 0 Å². The standard InChI is InChI=1S/C16H14N2O3/c1-21-14-8-6-13(7-9-14)18-15(16(19)20)12-4-2-11(10-17)3-5-12/h2-9,15,18H,1H3,(H,19,20).